The Morgan fingerprint density at radius 1 is 1.33 bits per heavy atom. The molecule has 0 spiro atoms. The number of benzene rings is 1. The van der Waals surface area contributed by atoms with E-state index in [0.717, 1.165) is 17.0 Å². The zero-order chi connectivity index (χ0) is 15.4. The summed E-state index contributed by atoms with van der Waals surface area (Å²) in [6, 6.07) is 9.96. The number of primary amides is 1. The predicted molar refractivity (Wildman–Crippen MR) is 81.4 cm³/mol. The van der Waals surface area contributed by atoms with Crippen LogP contribution in [0.15, 0.2) is 34.7 Å². The molecule has 1 aromatic heterocycles. The van der Waals surface area contributed by atoms with Gasteiger partial charge in [-0.3, -0.25) is 9.69 Å². The van der Waals surface area contributed by atoms with E-state index in [1.807, 2.05) is 56.0 Å². The average Bonchev–Trinajstić information content (AvgIpc) is 2.80. The largest absolute Gasteiger partial charge is 0.441 e. The second-order valence-electron chi connectivity index (χ2n) is 5.35. The van der Waals surface area contributed by atoms with Crippen LogP contribution < -0.4 is 5.73 Å². The molecule has 0 saturated heterocycles. The molecule has 0 bridgehead atoms. The van der Waals surface area contributed by atoms with E-state index in [4.69, 9.17) is 10.2 Å². The van der Waals surface area contributed by atoms with Crippen molar-refractivity contribution in [2.24, 2.45) is 5.73 Å². The SMILES string of the molecule is Cc1oc(-c2ccccc2)nc1CN(CC(N)=O)C(C)C. The summed E-state index contributed by atoms with van der Waals surface area (Å²) >= 11 is 0. The van der Waals surface area contributed by atoms with Crippen molar-refractivity contribution in [3.63, 3.8) is 0 Å². The summed E-state index contributed by atoms with van der Waals surface area (Å²) in [5, 5.41) is 0. The summed E-state index contributed by atoms with van der Waals surface area (Å²) in [4.78, 5) is 17.7. The van der Waals surface area contributed by atoms with Crippen LogP contribution in [0, 0.1) is 6.92 Å². The van der Waals surface area contributed by atoms with Crippen molar-refractivity contribution < 1.29 is 9.21 Å². The number of hydrogen-bond acceptors (Lipinski definition) is 4. The fraction of sp³-hybridized carbons (Fsp3) is 0.375. The molecule has 0 aliphatic heterocycles. The number of amides is 1. The van der Waals surface area contributed by atoms with Crippen molar-refractivity contribution in [2.45, 2.75) is 33.4 Å². The van der Waals surface area contributed by atoms with E-state index in [-0.39, 0.29) is 18.5 Å². The summed E-state index contributed by atoms with van der Waals surface area (Å²) in [7, 11) is 0. The Morgan fingerprint density at radius 3 is 2.57 bits per heavy atom. The van der Waals surface area contributed by atoms with Gasteiger partial charge in [-0.25, -0.2) is 4.98 Å². The summed E-state index contributed by atoms with van der Waals surface area (Å²) in [6.07, 6.45) is 0. The molecule has 1 amide bonds. The van der Waals surface area contributed by atoms with Crippen LogP contribution in [0.1, 0.15) is 25.3 Å². The number of carbonyl (C=O) groups excluding carboxylic acids is 1. The Hall–Kier alpha value is -2.14. The van der Waals surface area contributed by atoms with E-state index >= 15 is 0 Å². The molecule has 112 valence electrons. The van der Waals surface area contributed by atoms with Crippen LogP contribution in [0.2, 0.25) is 0 Å². The lowest BCUT2D eigenvalue weighted by atomic mass is 10.2. The van der Waals surface area contributed by atoms with Gasteiger partial charge in [-0.15, -0.1) is 0 Å². The van der Waals surface area contributed by atoms with Crippen LogP contribution in [-0.2, 0) is 11.3 Å². The summed E-state index contributed by atoms with van der Waals surface area (Å²) in [6.45, 7) is 6.69. The molecule has 5 heteroatoms. The molecule has 2 rings (SSSR count). The molecule has 21 heavy (non-hydrogen) atoms. The van der Waals surface area contributed by atoms with Gasteiger partial charge < -0.3 is 10.2 Å². The van der Waals surface area contributed by atoms with Crippen LogP contribution >= 0.6 is 0 Å². The summed E-state index contributed by atoms with van der Waals surface area (Å²) < 4.78 is 5.73. The molecular weight excluding hydrogens is 266 g/mol. The van der Waals surface area contributed by atoms with Crippen molar-refractivity contribution in [3.8, 4) is 11.5 Å². The average molecular weight is 287 g/mol. The van der Waals surface area contributed by atoms with Crippen LogP contribution in [0.5, 0.6) is 0 Å². The molecule has 0 unspecified atom stereocenters. The highest BCUT2D eigenvalue weighted by Crippen LogP contribution is 2.22. The van der Waals surface area contributed by atoms with Crippen molar-refractivity contribution in [1.82, 2.24) is 9.88 Å². The van der Waals surface area contributed by atoms with E-state index in [2.05, 4.69) is 4.98 Å². The molecule has 0 aliphatic carbocycles. The minimum absolute atomic E-state index is 0.203. The number of hydrogen-bond donors (Lipinski definition) is 1. The van der Waals surface area contributed by atoms with Crippen LogP contribution in [0.25, 0.3) is 11.5 Å². The topological polar surface area (TPSA) is 72.4 Å². The standard InChI is InChI=1S/C16H21N3O2/c1-11(2)19(10-15(17)20)9-14-12(3)21-16(18-14)13-7-5-4-6-8-13/h4-8,11H,9-10H2,1-3H3,(H2,17,20). The number of rotatable bonds is 6. The minimum Gasteiger partial charge on any atom is -0.441 e. The lowest BCUT2D eigenvalue weighted by molar-refractivity contribution is -0.119. The number of aromatic nitrogens is 1. The Balaban J connectivity index is 2.21. The zero-order valence-electron chi connectivity index (χ0n) is 12.7. The normalized spacial score (nSPS) is 11.3. The highest BCUT2D eigenvalue weighted by Gasteiger charge is 2.18. The van der Waals surface area contributed by atoms with Gasteiger partial charge in [0.2, 0.25) is 11.8 Å². The highest BCUT2D eigenvalue weighted by atomic mass is 16.4. The number of aryl methyl sites for hydroxylation is 1. The lowest BCUT2D eigenvalue weighted by Crippen LogP contribution is -2.38. The molecule has 0 atom stereocenters. The third-order valence-corrected chi connectivity index (χ3v) is 3.36. The van der Waals surface area contributed by atoms with Gasteiger partial charge in [0.15, 0.2) is 0 Å². The second kappa shape index (κ2) is 6.54. The first-order chi connectivity index (χ1) is 9.97. The van der Waals surface area contributed by atoms with E-state index in [9.17, 15) is 4.79 Å². The first-order valence-electron chi connectivity index (χ1n) is 7.01. The van der Waals surface area contributed by atoms with E-state index < -0.39 is 0 Å². The molecule has 0 aliphatic rings. The Labute approximate surface area is 124 Å². The Bertz CT molecular complexity index is 605. The summed E-state index contributed by atoms with van der Waals surface area (Å²) in [5.74, 6) is 1.03. The molecule has 2 aromatic rings. The maximum Gasteiger partial charge on any atom is 0.231 e. The van der Waals surface area contributed by atoms with Crippen molar-refractivity contribution in [3.05, 3.63) is 41.8 Å². The van der Waals surface area contributed by atoms with E-state index in [1.165, 1.54) is 0 Å². The maximum atomic E-state index is 11.2. The van der Waals surface area contributed by atoms with Gasteiger partial charge in [0, 0.05) is 18.2 Å². The van der Waals surface area contributed by atoms with E-state index in [1.54, 1.807) is 0 Å². The molecule has 5 nitrogen and oxygen atoms in total. The molecule has 0 saturated carbocycles. The van der Waals surface area contributed by atoms with Gasteiger partial charge in [0.25, 0.3) is 0 Å². The number of nitrogens with zero attached hydrogens (tertiary/aromatic N) is 2. The van der Waals surface area contributed by atoms with Gasteiger partial charge >= 0.3 is 0 Å². The van der Waals surface area contributed by atoms with Gasteiger partial charge in [0.1, 0.15) is 5.76 Å². The van der Waals surface area contributed by atoms with Crippen molar-refractivity contribution in [1.29, 1.82) is 0 Å². The monoisotopic (exact) mass is 287 g/mol. The summed E-state index contributed by atoms with van der Waals surface area (Å²) in [5.41, 5.74) is 7.07. The molecule has 0 fully saturated rings. The molecular formula is C16H21N3O2. The second-order valence-corrected chi connectivity index (χ2v) is 5.35. The smallest absolute Gasteiger partial charge is 0.231 e. The maximum absolute atomic E-state index is 11.2. The minimum atomic E-state index is -0.340. The quantitative estimate of drug-likeness (QED) is 0.885. The fourth-order valence-electron chi connectivity index (χ4n) is 2.09. The van der Waals surface area contributed by atoms with Gasteiger partial charge in [-0.2, -0.15) is 0 Å². The van der Waals surface area contributed by atoms with Crippen LogP contribution in [-0.4, -0.2) is 28.4 Å². The zero-order valence-corrected chi connectivity index (χ0v) is 12.7. The number of oxazole rings is 1. The third-order valence-electron chi connectivity index (χ3n) is 3.36. The van der Waals surface area contributed by atoms with Gasteiger partial charge in [-0.1, -0.05) is 18.2 Å². The fourth-order valence-corrected chi connectivity index (χ4v) is 2.09. The van der Waals surface area contributed by atoms with Crippen LogP contribution in [0.4, 0.5) is 0 Å². The van der Waals surface area contributed by atoms with Gasteiger partial charge in [-0.05, 0) is 32.9 Å². The molecule has 0 radical (unpaired) electrons. The third kappa shape index (κ3) is 3.92. The van der Waals surface area contributed by atoms with Crippen LogP contribution in [0.3, 0.4) is 0 Å². The molecule has 1 aromatic carbocycles. The highest BCUT2D eigenvalue weighted by molar-refractivity contribution is 5.75. The molecule has 1 heterocycles. The number of nitrogens with two attached hydrogens (primary N) is 1. The Kier molecular flexibility index (Phi) is 4.75. The first kappa shape index (κ1) is 15.3. The number of carbonyl (C=O) groups is 1. The van der Waals surface area contributed by atoms with E-state index in [0.29, 0.717) is 12.4 Å². The van der Waals surface area contributed by atoms with Gasteiger partial charge in [0.05, 0.1) is 12.2 Å². The Morgan fingerprint density at radius 2 is 2.00 bits per heavy atom. The first-order valence-corrected chi connectivity index (χ1v) is 7.01. The molecule has 2 N–H and O–H groups in total. The predicted octanol–water partition coefficient (Wildman–Crippen LogP) is 2.35. The van der Waals surface area contributed by atoms with Crippen molar-refractivity contribution >= 4 is 5.91 Å². The lowest BCUT2D eigenvalue weighted by Gasteiger charge is -2.23. The van der Waals surface area contributed by atoms with Crippen molar-refractivity contribution in [2.75, 3.05) is 6.54 Å².